The lowest BCUT2D eigenvalue weighted by atomic mass is 10.3. The fourth-order valence-electron chi connectivity index (χ4n) is 2.13. The molecule has 1 N–H and O–H groups in total. The summed E-state index contributed by atoms with van der Waals surface area (Å²) in [5.74, 6) is 0. The standard InChI is InChI=1S/C12H17Cl2N3O2S/c1-16(2)20(18,19)15-10-5-6-17(8-10)12-4-3-9(13)7-11(12)14/h3-4,7,10,15H,5-6,8H2,1-2H3/t10-/m0/s1. The van der Waals surface area contributed by atoms with Gasteiger partial charge in [-0.15, -0.1) is 0 Å². The Morgan fingerprint density at radius 3 is 2.65 bits per heavy atom. The Balaban J connectivity index is 2.06. The van der Waals surface area contributed by atoms with Gasteiger partial charge < -0.3 is 4.90 Å². The Morgan fingerprint density at radius 2 is 2.05 bits per heavy atom. The molecule has 0 amide bonds. The van der Waals surface area contributed by atoms with Crippen LogP contribution in [0.2, 0.25) is 10.0 Å². The highest BCUT2D eigenvalue weighted by Gasteiger charge is 2.28. The van der Waals surface area contributed by atoms with E-state index in [4.69, 9.17) is 23.2 Å². The topological polar surface area (TPSA) is 52.7 Å². The van der Waals surface area contributed by atoms with Crippen molar-refractivity contribution in [2.75, 3.05) is 32.1 Å². The molecule has 8 heteroatoms. The van der Waals surface area contributed by atoms with Crippen molar-refractivity contribution in [1.29, 1.82) is 0 Å². The van der Waals surface area contributed by atoms with Crippen molar-refractivity contribution >= 4 is 39.1 Å². The van der Waals surface area contributed by atoms with Crippen LogP contribution in [0.3, 0.4) is 0 Å². The summed E-state index contributed by atoms with van der Waals surface area (Å²) in [6.07, 6.45) is 0.742. The molecule has 0 aromatic heterocycles. The van der Waals surface area contributed by atoms with Crippen LogP contribution in [-0.2, 0) is 10.2 Å². The van der Waals surface area contributed by atoms with Gasteiger partial charge in [-0.1, -0.05) is 23.2 Å². The molecule has 1 aliphatic rings. The normalized spacial score (nSPS) is 19.9. The number of rotatable bonds is 4. The second-order valence-corrected chi connectivity index (χ2v) is 7.69. The van der Waals surface area contributed by atoms with Gasteiger partial charge in [-0.05, 0) is 24.6 Å². The first-order valence-electron chi connectivity index (χ1n) is 6.19. The summed E-state index contributed by atoms with van der Waals surface area (Å²) in [7, 11) is -0.391. The number of hydrogen-bond acceptors (Lipinski definition) is 3. The SMILES string of the molecule is CN(C)S(=O)(=O)N[C@H]1CCN(c2ccc(Cl)cc2Cl)C1. The van der Waals surface area contributed by atoms with Crippen molar-refractivity contribution in [3.8, 4) is 0 Å². The van der Waals surface area contributed by atoms with Gasteiger partial charge in [0.15, 0.2) is 0 Å². The van der Waals surface area contributed by atoms with Gasteiger partial charge in [0, 0.05) is 38.2 Å². The van der Waals surface area contributed by atoms with E-state index in [1.165, 1.54) is 18.4 Å². The molecule has 2 rings (SSSR count). The first kappa shape index (κ1) is 15.9. The lowest BCUT2D eigenvalue weighted by Gasteiger charge is -2.21. The van der Waals surface area contributed by atoms with Crippen LogP contribution in [0.1, 0.15) is 6.42 Å². The molecule has 1 aromatic carbocycles. The molecule has 5 nitrogen and oxygen atoms in total. The second kappa shape index (κ2) is 6.07. The van der Waals surface area contributed by atoms with Crippen molar-refractivity contribution in [3.63, 3.8) is 0 Å². The summed E-state index contributed by atoms with van der Waals surface area (Å²) in [5, 5.41) is 1.16. The molecular formula is C12H17Cl2N3O2S. The lowest BCUT2D eigenvalue weighted by molar-refractivity contribution is 0.492. The minimum Gasteiger partial charge on any atom is -0.369 e. The maximum Gasteiger partial charge on any atom is 0.279 e. The van der Waals surface area contributed by atoms with Gasteiger partial charge in [0.2, 0.25) is 0 Å². The predicted octanol–water partition coefficient (Wildman–Crippen LogP) is 1.97. The van der Waals surface area contributed by atoms with Crippen LogP contribution in [0, 0.1) is 0 Å². The summed E-state index contributed by atoms with van der Waals surface area (Å²) in [6, 6.07) is 5.21. The molecule has 0 bridgehead atoms. The molecule has 1 heterocycles. The molecule has 1 saturated heterocycles. The molecular weight excluding hydrogens is 321 g/mol. The molecule has 112 valence electrons. The van der Waals surface area contributed by atoms with Gasteiger partial charge in [-0.25, -0.2) is 0 Å². The van der Waals surface area contributed by atoms with Crippen LogP contribution in [0.4, 0.5) is 5.69 Å². The van der Waals surface area contributed by atoms with E-state index in [-0.39, 0.29) is 6.04 Å². The van der Waals surface area contributed by atoms with E-state index in [0.29, 0.717) is 16.6 Å². The average Bonchev–Trinajstić information content (AvgIpc) is 2.76. The quantitative estimate of drug-likeness (QED) is 0.913. The van der Waals surface area contributed by atoms with Crippen LogP contribution >= 0.6 is 23.2 Å². The number of anilines is 1. The molecule has 0 saturated carbocycles. The molecule has 1 aromatic rings. The van der Waals surface area contributed by atoms with E-state index in [0.717, 1.165) is 18.7 Å². The van der Waals surface area contributed by atoms with Crippen molar-refractivity contribution in [2.24, 2.45) is 0 Å². The van der Waals surface area contributed by atoms with Gasteiger partial charge >= 0.3 is 0 Å². The van der Waals surface area contributed by atoms with Crippen molar-refractivity contribution in [1.82, 2.24) is 9.03 Å². The zero-order valence-corrected chi connectivity index (χ0v) is 13.6. The highest BCUT2D eigenvalue weighted by Crippen LogP contribution is 2.31. The van der Waals surface area contributed by atoms with Gasteiger partial charge in [0.25, 0.3) is 10.2 Å². The third-order valence-electron chi connectivity index (χ3n) is 3.23. The minimum atomic E-state index is -3.40. The molecule has 1 atom stereocenters. The maximum atomic E-state index is 11.8. The largest absolute Gasteiger partial charge is 0.369 e. The lowest BCUT2D eigenvalue weighted by Crippen LogP contribution is -2.43. The first-order valence-corrected chi connectivity index (χ1v) is 8.39. The molecule has 1 fully saturated rings. The third kappa shape index (κ3) is 3.56. The summed E-state index contributed by atoms with van der Waals surface area (Å²) < 4.78 is 27.4. The molecule has 20 heavy (non-hydrogen) atoms. The summed E-state index contributed by atoms with van der Waals surface area (Å²) in [6.45, 7) is 1.34. The zero-order chi connectivity index (χ0) is 14.9. The van der Waals surface area contributed by atoms with Crippen molar-refractivity contribution in [2.45, 2.75) is 12.5 Å². The van der Waals surface area contributed by atoms with Gasteiger partial charge in [-0.2, -0.15) is 17.4 Å². The van der Waals surface area contributed by atoms with E-state index in [2.05, 4.69) is 9.62 Å². The van der Waals surface area contributed by atoms with Crippen LogP contribution in [0.15, 0.2) is 18.2 Å². The van der Waals surface area contributed by atoms with E-state index in [1.54, 1.807) is 12.1 Å². The maximum absolute atomic E-state index is 11.8. The van der Waals surface area contributed by atoms with Crippen LogP contribution in [0.25, 0.3) is 0 Å². The third-order valence-corrected chi connectivity index (χ3v) is 5.37. The Morgan fingerprint density at radius 1 is 1.35 bits per heavy atom. The smallest absolute Gasteiger partial charge is 0.279 e. The Bertz CT molecular complexity index is 592. The Labute approximate surface area is 129 Å². The van der Waals surface area contributed by atoms with Crippen LogP contribution in [0.5, 0.6) is 0 Å². The van der Waals surface area contributed by atoms with Crippen molar-refractivity contribution < 1.29 is 8.42 Å². The van der Waals surface area contributed by atoms with E-state index >= 15 is 0 Å². The number of nitrogens with zero attached hydrogens (tertiary/aromatic N) is 2. The summed E-state index contributed by atoms with van der Waals surface area (Å²) in [5.41, 5.74) is 0.877. The number of halogens is 2. The Kier molecular flexibility index (Phi) is 4.81. The highest BCUT2D eigenvalue weighted by molar-refractivity contribution is 7.87. The van der Waals surface area contributed by atoms with E-state index < -0.39 is 10.2 Å². The molecule has 1 aliphatic heterocycles. The summed E-state index contributed by atoms with van der Waals surface area (Å²) >= 11 is 12.0. The van der Waals surface area contributed by atoms with Gasteiger partial charge in [-0.3, -0.25) is 0 Å². The fraction of sp³-hybridized carbons (Fsp3) is 0.500. The van der Waals surface area contributed by atoms with E-state index in [9.17, 15) is 8.42 Å². The first-order chi connectivity index (χ1) is 9.29. The monoisotopic (exact) mass is 337 g/mol. The van der Waals surface area contributed by atoms with Gasteiger partial charge in [0.1, 0.15) is 0 Å². The number of nitrogens with one attached hydrogen (secondary N) is 1. The average molecular weight is 338 g/mol. The van der Waals surface area contributed by atoms with E-state index in [1.807, 2.05) is 6.07 Å². The number of hydrogen-bond donors (Lipinski definition) is 1. The molecule has 0 radical (unpaired) electrons. The highest BCUT2D eigenvalue weighted by atomic mass is 35.5. The summed E-state index contributed by atoms with van der Waals surface area (Å²) in [4.78, 5) is 2.06. The molecule has 0 unspecified atom stereocenters. The zero-order valence-electron chi connectivity index (χ0n) is 11.3. The predicted molar refractivity (Wildman–Crippen MR) is 82.8 cm³/mol. The number of benzene rings is 1. The van der Waals surface area contributed by atoms with Gasteiger partial charge in [0.05, 0.1) is 10.7 Å². The van der Waals surface area contributed by atoms with Crippen molar-refractivity contribution in [3.05, 3.63) is 28.2 Å². The Hall–Kier alpha value is -0.530. The van der Waals surface area contributed by atoms with Crippen LogP contribution < -0.4 is 9.62 Å². The minimum absolute atomic E-state index is 0.117. The fourth-order valence-corrected chi connectivity index (χ4v) is 3.48. The second-order valence-electron chi connectivity index (χ2n) is 4.93. The van der Waals surface area contributed by atoms with Crippen LogP contribution in [-0.4, -0.2) is 45.9 Å². The molecule has 0 aliphatic carbocycles. The molecule has 0 spiro atoms.